The minimum absolute atomic E-state index is 0.218. The van der Waals surface area contributed by atoms with Crippen LogP contribution in [0, 0.1) is 12.7 Å². The summed E-state index contributed by atoms with van der Waals surface area (Å²) in [6, 6.07) is 12.5. The molecule has 0 aliphatic heterocycles. The first-order valence-electron chi connectivity index (χ1n) is 8.32. The molecule has 0 saturated carbocycles. The SMILES string of the molecule is Cc1cc(CNC(=O)c2nccnc2-c2nc3ccccc3s2)ccc1F. The smallest absolute Gasteiger partial charge is 0.272 e. The zero-order valence-electron chi connectivity index (χ0n) is 14.4. The average Bonchev–Trinajstić information content (AvgIpc) is 3.13. The number of nitrogens with one attached hydrogen (secondary N) is 1. The first-order valence-corrected chi connectivity index (χ1v) is 9.13. The zero-order chi connectivity index (χ0) is 18.8. The normalized spacial score (nSPS) is 10.9. The molecule has 0 fully saturated rings. The number of halogens is 1. The van der Waals surface area contributed by atoms with Crippen molar-refractivity contribution in [3.63, 3.8) is 0 Å². The fraction of sp³-hybridized carbons (Fsp3) is 0.100. The van der Waals surface area contributed by atoms with Crippen LogP contribution >= 0.6 is 11.3 Å². The monoisotopic (exact) mass is 378 g/mol. The quantitative estimate of drug-likeness (QED) is 0.580. The molecule has 7 heteroatoms. The van der Waals surface area contributed by atoms with Gasteiger partial charge in [0.2, 0.25) is 0 Å². The average molecular weight is 378 g/mol. The van der Waals surface area contributed by atoms with Gasteiger partial charge in [0.15, 0.2) is 5.69 Å². The summed E-state index contributed by atoms with van der Waals surface area (Å²) < 4.78 is 14.4. The van der Waals surface area contributed by atoms with Crippen LogP contribution in [0.25, 0.3) is 20.9 Å². The largest absolute Gasteiger partial charge is 0.347 e. The van der Waals surface area contributed by atoms with Gasteiger partial charge in [-0.15, -0.1) is 11.3 Å². The van der Waals surface area contributed by atoms with E-state index < -0.39 is 0 Å². The van der Waals surface area contributed by atoms with Crippen LogP contribution < -0.4 is 5.32 Å². The predicted octanol–water partition coefficient (Wildman–Crippen LogP) is 4.13. The highest BCUT2D eigenvalue weighted by Gasteiger charge is 2.18. The molecule has 0 aliphatic carbocycles. The van der Waals surface area contributed by atoms with Gasteiger partial charge in [0.05, 0.1) is 10.2 Å². The Hall–Kier alpha value is -3.19. The molecular formula is C20H15FN4OS. The number of para-hydroxylation sites is 1. The van der Waals surface area contributed by atoms with Crippen molar-refractivity contribution in [2.24, 2.45) is 0 Å². The number of thiazole rings is 1. The second-order valence-electron chi connectivity index (χ2n) is 6.01. The standard InChI is InChI=1S/C20H15FN4OS/c1-12-10-13(6-7-14(12)21)11-24-19(26)17-18(23-9-8-22-17)20-25-15-4-2-3-5-16(15)27-20/h2-10H,11H2,1H3,(H,24,26). The topological polar surface area (TPSA) is 67.8 Å². The van der Waals surface area contributed by atoms with Gasteiger partial charge in [0.25, 0.3) is 5.91 Å². The molecule has 2 aromatic heterocycles. The van der Waals surface area contributed by atoms with Gasteiger partial charge < -0.3 is 5.32 Å². The van der Waals surface area contributed by atoms with Crippen LogP contribution in [-0.4, -0.2) is 20.9 Å². The summed E-state index contributed by atoms with van der Waals surface area (Å²) in [5.74, 6) is -0.614. The lowest BCUT2D eigenvalue weighted by atomic mass is 10.1. The van der Waals surface area contributed by atoms with E-state index in [9.17, 15) is 9.18 Å². The number of carbonyl (C=O) groups is 1. The van der Waals surface area contributed by atoms with Crippen molar-refractivity contribution in [3.05, 3.63) is 77.5 Å². The minimum Gasteiger partial charge on any atom is -0.347 e. The molecule has 0 radical (unpaired) electrons. The Morgan fingerprint density at radius 2 is 1.96 bits per heavy atom. The van der Waals surface area contributed by atoms with E-state index in [1.54, 1.807) is 25.3 Å². The summed E-state index contributed by atoms with van der Waals surface area (Å²) in [6.07, 6.45) is 3.02. The molecule has 0 aliphatic rings. The molecule has 4 aromatic rings. The van der Waals surface area contributed by atoms with Crippen molar-refractivity contribution in [3.8, 4) is 10.7 Å². The molecule has 1 amide bonds. The van der Waals surface area contributed by atoms with Gasteiger partial charge in [-0.25, -0.2) is 19.3 Å². The van der Waals surface area contributed by atoms with Crippen LogP contribution in [-0.2, 0) is 6.54 Å². The second kappa shape index (κ2) is 7.20. The fourth-order valence-electron chi connectivity index (χ4n) is 2.72. The van der Waals surface area contributed by atoms with E-state index in [2.05, 4.69) is 20.3 Å². The summed E-state index contributed by atoms with van der Waals surface area (Å²) in [5, 5.41) is 3.46. The van der Waals surface area contributed by atoms with E-state index in [4.69, 9.17) is 0 Å². The number of hydrogen-bond donors (Lipinski definition) is 1. The van der Waals surface area contributed by atoms with Crippen LogP contribution in [0.3, 0.4) is 0 Å². The highest BCUT2D eigenvalue weighted by atomic mass is 32.1. The summed E-state index contributed by atoms with van der Waals surface area (Å²) in [7, 11) is 0. The Morgan fingerprint density at radius 1 is 1.15 bits per heavy atom. The third-order valence-electron chi connectivity index (χ3n) is 4.09. The molecule has 4 rings (SSSR count). The van der Waals surface area contributed by atoms with E-state index in [1.165, 1.54) is 23.6 Å². The fourth-order valence-corrected chi connectivity index (χ4v) is 3.68. The third-order valence-corrected chi connectivity index (χ3v) is 5.13. The van der Waals surface area contributed by atoms with Crippen LogP contribution in [0.2, 0.25) is 0 Å². The van der Waals surface area contributed by atoms with Crippen molar-refractivity contribution < 1.29 is 9.18 Å². The maximum Gasteiger partial charge on any atom is 0.272 e. The first-order chi connectivity index (χ1) is 13.1. The Kier molecular flexibility index (Phi) is 4.60. The van der Waals surface area contributed by atoms with Crippen molar-refractivity contribution in [2.75, 3.05) is 0 Å². The van der Waals surface area contributed by atoms with Gasteiger partial charge in [0, 0.05) is 18.9 Å². The summed E-state index contributed by atoms with van der Waals surface area (Å²) >= 11 is 1.46. The number of fused-ring (bicyclic) bond motifs is 1. The van der Waals surface area contributed by atoms with Gasteiger partial charge in [-0.2, -0.15) is 0 Å². The van der Waals surface area contributed by atoms with Crippen LogP contribution in [0.15, 0.2) is 54.9 Å². The lowest BCUT2D eigenvalue weighted by Gasteiger charge is -2.08. The molecule has 0 spiro atoms. The number of aryl methyl sites for hydroxylation is 1. The number of amides is 1. The van der Waals surface area contributed by atoms with E-state index in [0.29, 0.717) is 16.3 Å². The molecular weight excluding hydrogens is 363 g/mol. The Balaban J connectivity index is 1.60. The molecule has 0 unspecified atom stereocenters. The molecule has 134 valence electrons. The van der Waals surface area contributed by atoms with E-state index in [1.807, 2.05) is 24.3 Å². The van der Waals surface area contributed by atoms with Gasteiger partial charge in [-0.05, 0) is 36.2 Å². The maximum absolute atomic E-state index is 13.4. The Bertz CT molecular complexity index is 1110. The molecule has 1 N–H and O–H groups in total. The maximum atomic E-state index is 13.4. The van der Waals surface area contributed by atoms with Gasteiger partial charge in [-0.1, -0.05) is 24.3 Å². The number of hydrogen-bond acceptors (Lipinski definition) is 5. The van der Waals surface area contributed by atoms with Gasteiger partial charge in [-0.3, -0.25) is 4.79 Å². The number of aromatic nitrogens is 3. The van der Waals surface area contributed by atoms with Crippen molar-refractivity contribution >= 4 is 27.5 Å². The molecule has 2 aromatic carbocycles. The number of rotatable bonds is 4. The lowest BCUT2D eigenvalue weighted by Crippen LogP contribution is -2.25. The highest BCUT2D eigenvalue weighted by Crippen LogP contribution is 2.30. The number of carbonyl (C=O) groups excluding carboxylic acids is 1. The molecule has 0 bridgehead atoms. The predicted molar refractivity (Wildman–Crippen MR) is 103 cm³/mol. The Labute approximate surface area is 158 Å². The molecule has 2 heterocycles. The van der Waals surface area contributed by atoms with Crippen LogP contribution in [0.1, 0.15) is 21.6 Å². The first kappa shape index (κ1) is 17.2. The number of nitrogens with zero attached hydrogens (tertiary/aromatic N) is 3. The van der Waals surface area contributed by atoms with Crippen molar-refractivity contribution in [1.82, 2.24) is 20.3 Å². The summed E-state index contributed by atoms with van der Waals surface area (Å²) in [5.41, 5.74) is 2.88. The Morgan fingerprint density at radius 3 is 2.78 bits per heavy atom. The molecule has 5 nitrogen and oxygen atoms in total. The lowest BCUT2D eigenvalue weighted by molar-refractivity contribution is 0.0946. The van der Waals surface area contributed by atoms with E-state index >= 15 is 0 Å². The molecule has 27 heavy (non-hydrogen) atoms. The van der Waals surface area contributed by atoms with Crippen molar-refractivity contribution in [1.29, 1.82) is 0 Å². The van der Waals surface area contributed by atoms with E-state index in [0.717, 1.165) is 15.8 Å². The molecule has 0 atom stereocenters. The minimum atomic E-state index is -0.348. The van der Waals surface area contributed by atoms with Crippen LogP contribution in [0.5, 0.6) is 0 Å². The highest BCUT2D eigenvalue weighted by molar-refractivity contribution is 7.21. The van der Waals surface area contributed by atoms with Gasteiger partial charge in [0.1, 0.15) is 16.5 Å². The number of benzene rings is 2. The van der Waals surface area contributed by atoms with Crippen LogP contribution in [0.4, 0.5) is 4.39 Å². The van der Waals surface area contributed by atoms with Crippen molar-refractivity contribution in [2.45, 2.75) is 13.5 Å². The summed E-state index contributed by atoms with van der Waals surface area (Å²) in [4.78, 5) is 25.8. The molecule has 0 saturated heterocycles. The van der Waals surface area contributed by atoms with Gasteiger partial charge >= 0.3 is 0 Å². The zero-order valence-corrected chi connectivity index (χ0v) is 15.3. The summed E-state index contributed by atoms with van der Waals surface area (Å²) in [6.45, 7) is 1.96. The second-order valence-corrected chi connectivity index (χ2v) is 7.04. The third kappa shape index (κ3) is 3.54. The van der Waals surface area contributed by atoms with E-state index in [-0.39, 0.29) is 24.0 Å².